The van der Waals surface area contributed by atoms with Gasteiger partial charge in [0.1, 0.15) is 18.4 Å². The van der Waals surface area contributed by atoms with Crippen LogP contribution in [0.2, 0.25) is 5.15 Å². The number of ether oxygens (including phenoxy) is 3. The van der Waals surface area contributed by atoms with Gasteiger partial charge in [0.05, 0.1) is 19.5 Å². The number of amides is 1. The highest BCUT2D eigenvalue weighted by Gasteiger charge is 2.15. The molecule has 2 rings (SSSR count). The van der Waals surface area contributed by atoms with E-state index < -0.39 is 0 Å². The van der Waals surface area contributed by atoms with Crippen LogP contribution in [0, 0.1) is 0 Å². The van der Waals surface area contributed by atoms with Crippen molar-refractivity contribution < 1.29 is 19.0 Å². The van der Waals surface area contributed by atoms with Crippen molar-refractivity contribution in [3.05, 3.63) is 11.5 Å². The summed E-state index contributed by atoms with van der Waals surface area (Å²) >= 11 is 6.24. The molecule has 2 aromatic heterocycles. The molecule has 1 amide bonds. The van der Waals surface area contributed by atoms with Crippen LogP contribution < -0.4 is 5.32 Å². The Morgan fingerprint density at radius 2 is 1.89 bits per heavy atom. The quantitative estimate of drug-likeness (QED) is 0.432. The summed E-state index contributed by atoms with van der Waals surface area (Å²) in [5, 5.41) is 2.68. The molecule has 27 heavy (non-hydrogen) atoms. The predicted octanol–water partition coefficient (Wildman–Crippen LogP) is 2.63. The minimum atomic E-state index is -0.282. The second kappa shape index (κ2) is 11.1. The lowest BCUT2D eigenvalue weighted by Gasteiger charge is -2.18. The highest BCUT2D eigenvalue weighted by molar-refractivity contribution is 6.33. The van der Waals surface area contributed by atoms with Gasteiger partial charge in [0.25, 0.3) is 0 Å². The fourth-order valence-electron chi connectivity index (χ4n) is 2.30. The number of nitrogens with zero attached hydrogens (tertiary/aromatic N) is 4. The van der Waals surface area contributed by atoms with Gasteiger partial charge in [0.2, 0.25) is 11.9 Å². The minimum absolute atomic E-state index is 0.116. The third kappa shape index (κ3) is 6.69. The molecular weight excluding hydrogens is 374 g/mol. The van der Waals surface area contributed by atoms with Gasteiger partial charge in [0.15, 0.2) is 10.8 Å². The minimum Gasteiger partial charge on any atom is -0.379 e. The van der Waals surface area contributed by atoms with E-state index in [1.54, 1.807) is 10.9 Å². The van der Waals surface area contributed by atoms with Crippen molar-refractivity contribution in [3.8, 4) is 0 Å². The van der Waals surface area contributed by atoms with Crippen LogP contribution in [-0.4, -0.2) is 58.0 Å². The molecule has 0 aromatic carbocycles. The van der Waals surface area contributed by atoms with Crippen molar-refractivity contribution in [1.29, 1.82) is 0 Å². The number of halogens is 1. The van der Waals surface area contributed by atoms with Crippen LogP contribution in [0.15, 0.2) is 6.33 Å². The molecule has 0 bridgehead atoms. The summed E-state index contributed by atoms with van der Waals surface area (Å²) in [6.07, 6.45) is 3.25. The maximum absolute atomic E-state index is 11.2. The van der Waals surface area contributed by atoms with Gasteiger partial charge in [0, 0.05) is 20.1 Å². The summed E-state index contributed by atoms with van der Waals surface area (Å²) in [5.74, 6) is -0.167. The summed E-state index contributed by atoms with van der Waals surface area (Å²) in [7, 11) is 0. The SMILES string of the molecule is CCCOCC(COCCC)OCn1cnc2nc(NC(C)=O)nc(Cl)c21. The van der Waals surface area contributed by atoms with Gasteiger partial charge in [-0.2, -0.15) is 9.97 Å². The molecule has 1 N–H and O–H groups in total. The Balaban J connectivity index is 2.05. The number of nitrogens with one attached hydrogen (secondary N) is 1. The Bertz CT molecular complexity index is 729. The molecule has 0 saturated carbocycles. The van der Waals surface area contributed by atoms with Crippen molar-refractivity contribution in [3.63, 3.8) is 0 Å². The Labute approximate surface area is 163 Å². The zero-order chi connectivity index (χ0) is 19.6. The van der Waals surface area contributed by atoms with E-state index in [0.29, 0.717) is 37.6 Å². The Morgan fingerprint density at radius 3 is 2.48 bits per heavy atom. The third-order valence-electron chi connectivity index (χ3n) is 3.47. The van der Waals surface area contributed by atoms with Gasteiger partial charge in [-0.3, -0.25) is 10.1 Å². The fourth-order valence-corrected chi connectivity index (χ4v) is 2.57. The number of hydrogen-bond acceptors (Lipinski definition) is 7. The molecule has 0 saturated heterocycles. The van der Waals surface area contributed by atoms with Gasteiger partial charge in [-0.05, 0) is 12.8 Å². The Kier molecular flexibility index (Phi) is 8.86. The smallest absolute Gasteiger partial charge is 0.233 e. The average Bonchev–Trinajstić information content (AvgIpc) is 3.02. The van der Waals surface area contributed by atoms with E-state index in [4.69, 9.17) is 25.8 Å². The summed E-state index contributed by atoms with van der Waals surface area (Å²) in [6.45, 7) is 7.92. The molecule has 2 aromatic rings. The van der Waals surface area contributed by atoms with Gasteiger partial charge in [-0.25, -0.2) is 4.98 Å². The van der Waals surface area contributed by atoms with Crippen LogP contribution >= 0.6 is 11.6 Å². The standard InChI is InChI=1S/C17H26ClN5O4/c1-4-6-25-8-13(9-26-7-5-2)27-11-23-10-19-16-14(23)15(18)21-17(22-16)20-12(3)24/h10,13H,4-9,11H2,1-3H3,(H,20,21,22,24). The van der Waals surface area contributed by atoms with Gasteiger partial charge in [-0.1, -0.05) is 25.4 Å². The number of aromatic nitrogens is 4. The molecular formula is C17H26ClN5O4. The van der Waals surface area contributed by atoms with Crippen molar-refractivity contribution >= 4 is 34.6 Å². The number of anilines is 1. The number of rotatable bonds is 12. The summed E-state index contributed by atoms with van der Waals surface area (Å²) < 4.78 is 18.8. The van der Waals surface area contributed by atoms with E-state index in [1.807, 2.05) is 0 Å². The molecule has 0 fully saturated rings. The Hall–Kier alpha value is -1.81. The molecule has 150 valence electrons. The second-order valence-corrected chi connectivity index (χ2v) is 6.33. The number of hydrogen-bond donors (Lipinski definition) is 1. The maximum atomic E-state index is 11.2. The van der Waals surface area contributed by atoms with Crippen molar-refractivity contribution in [2.45, 2.75) is 46.4 Å². The summed E-state index contributed by atoms with van der Waals surface area (Å²) in [6, 6.07) is 0. The zero-order valence-corrected chi connectivity index (χ0v) is 16.7. The average molecular weight is 400 g/mol. The van der Waals surface area contributed by atoms with Crippen LogP contribution in [0.5, 0.6) is 0 Å². The number of imidazole rings is 1. The molecule has 0 aliphatic carbocycles. The first-order chi connectivity index (χ1) is 13.0. The van der Waals surface area contributed by atoms with Gasteiger partial charge < -0.3 is 18.8 Å². The lowest BCUT2D eigenvalue weighted by Crippen LogP contribution is -2.27. The lowest BCUT2D eigenvalue weighted by atomic mass is 10.4. The largest absolute Gasteiger partial charge is 0.379 e. The molecule has 0 aliphatic heterocycles. The molecule has 10 heteroatoms. The third-order valence-corrected chi connectivity index (χ3v) is 3.73. The maximum Gasteiger partial charge on any atom is 0.233 e. The summed E-state index contributed by atoms with van der Waals surface area (Å²) in [4.78, 5) is 23.6. The highest BCUT2D eigenvalue weighted by Crippen LogP contribution is 2.21. The molecule has 0 radical (unpaired) electrons. The molecule has 0 atom stereocenters. The number of fused-ring (bicyclic) bond motifs is 1. The monoisotopic (exact) mass is 399 g/mol. The van der Waals surface area contributed by atoms with Crippen molar-refractivity contribution in [2.75, 3.05) is 31.7 Å². The molecule has 0 unspecified atom stereocenters. The van der Waals surface area contributed by atoms with E-state index in [9.17, 15) is 4.79 Å². The van der Waals surface area contributed by atoms with Crippen LogP contribution in [0.4, 0.5) is 5.95 Å². The number of carbonyl (C=O) groups excluding carboxylic acids is 1. The van der Waals surface area contributed by atoms with E-state index in [-0.39, 0.29) is 29.8 Å². The van der Waals surface area contributed by atoms with E-state index >= 15 is 0 Å². The first-order valence-electron chi connectivity index (χ1n) is 8.98. The zero-order valence-electron chi connectivity index (χ0n) is 15.9. The van der Waals surface area contributed by atoms with Crippen LogP contribution in [0.25, 0.3) is 11.2 Å². The molecule has 0 aliphatic rings. The topological polar surface area (TPSA) is 100 Å². The van der Waals surface area contributed by atoms with Gasteiger partial charge in [-0.15, -0.1) is 0 Å². The predicted molar refractivity (Wildman–Crippen MR) is 102 cm³/mol. The van der Waals surface area contributed by atoms with Crippen LogP contribution in [-0.2, 0) is 25.7 Å². The van der Waals surface area contributed by atoms with Crippen LogP contribution in [0.3, 0.4) is 0 Å². The highest BCUT2D eigenvalue weighted by atomic mass is 35.5. The first kappa shape index (κ1) is 21.5. The van der Waals surface area contributed by atoms with Crippen molar-refractivity contribution in [1.82, 2.24) is 19.5 Å². The molecule has 9 nitrogen and oxygen atoms in total. The van der Waals surface area contributed by atoms with E-state index in [1.165, 1.54) is 6.92 Å². The van der Waals surface area contributed by atoms with Crippen LogP contribution in [0.1, 0.15) is 33.6 Å². The number of carbonyl (C=O) groups is 1. The van der Waals surface area contributed by atoms with E-state index in [0.717, 1.165) is 12.8 Å². The van der Waals surface area contributed by atoms with Gasteiger partial charge >= 0.3 is 0 Å². The van der Waals surface area contributed by atoms with Crippen molar-refractivity contribution in [2.24, 2.45) is 0 Å². The molecule has 0 spiro atoms. The first-order valence-corrected chi connectivity index (χ1v) is 9.36. The normalized spacial score (nSPS) is 11.4. The summed E-state index contributed by atoms with van der Waals surface area (Å²) in [5.41, 5.74) is 0.914. The fraction of sp³-hybridized carbons (Fsp3) is 0.647. The molecule has 2 heterocycles. The lowest BCUT2D eigenvalue weighted by molar-refractivity contribution is -0.114. The second-order valence-electron chi connectivity index (χ2n) is 5.97. The Morgan fingerprint density at radius 1 is 1.22 bits per heavy atom. The van der Waals surface area contributed by atoms with E-state index in [2.05, 4.69) is 34.1 Å².